The molecular formula is C22H21FN6O4. The Labute approximate surface area is 188 Å². The van der Waals surface area contributed by atoms with E-state index in [0.717, 1.165) is 0 Å². The highest BCUT2D eigenvalue weighted by atomic mass is 19.1. The van der Waals surface area contributed by atoms with Crippen molar-refractivity contribution in [3.63, 3.8) is 0 Å². The zero-order valence-electron chi connectivity index (χ0n) is 18.0. The first kappa shape index (κ1) is 22.3. The molecule has 0 saturated carbocycles. The van der Waals surface area contributed by atoms with Gasteiger partial charge in [-0.15, -0.1) is 0 Å². The van der Waals surface area contributed by atoms with Crippen molar-refractivity contribution in [2.45, 2.75) is 13.2 Å². The highest BCUT2D eigenvalue weighted by molar-refractivity contribution is 5.82. The Balaban J connectivity index is 1.64. The first-order valence-electron chi connectivity index (χ1n) is 10.1. The van der Waals surface area contributed by atoms with Crippen LogP contribution < -0.4 is 10.1 Å². The van der Waals surface area contributed by atoms with Crippen LogP contribution in [0, 0.1) is 22.6 Å². The lowest BCUT2D eigenvalue weighted by atomic mass is 9.91. The van der Waals surface area contributed by atoms with Gasteiger partial charge in [-0.3, -0.25) is 4.79 Å². The number of hydrogen-bond donors (Lipinski definition) is 2. The fourth-order valence-electron chi connectivity index (χ4n) is 3.31. The van der Waals surface area contributed by atoms with Crippen LogP contribution in [0.3, 0.4) is 0 Å². The number of nitriles is 1. The Morgan fingerprint density at radius 3 is 2.70 bits per heavy atom. The summed E-state index contributed by atoms with van der Waals surface area (Å²) in [6.45, 7) is 1.74. The van der Waals surface area contributed by atoms with Crippen LogP contribution in [0.4, 0.5) is 4.39 Å². The van der Waals surface area contributed by atoms with Crippen LogP contribution in [0.5, 0.6) is 6.01 Å². The maximum Gasteiger partial charge on any atom is 0.316 e. The minimum absolute atomic E-state index is 0.0676. The number of aromatic amines is 1. The second kappa shape index (κ2) is 9.32. The second-order valence-electron chi connectivity index (χ2n) is 7.64. The van der Waals surface area contributed by atoms with Crippen molar-refractivity contribution in [3.8, 4) is 34.7 Å². The van der Waals surface area contributed by atoms with Gasteiger partial charge in [-0.2, -0.15) is 10.2 Å². The Morgan fingerprint density at radius 1 is 1.30 bits per heavy atom. The molecule has 11 heteroatoms. The standard InChI is InChI=1S/C22H21FN6O4/c1-22(20(30)25-10-8-24)11-32-19(33-12-22)18-28-16(13-3-5-14(23)6-4-13)17(29-18)15-7-9-26-21(27-15)31-2/h3-7,9,19H,10-12H2,1-2H3,(H,25,30)(H,28,29). The van der Waals surface area contributed by atoms with Crippen molar-refractivity contribution >= 4 is 5.91 Å². The maximum atomic E-state index is 13.5. The molecule has 0 atom stereocenters. The van der Waals surface area contributed by atoms with Gasteiger partial charge in [0.1, 0.15) is 12.4 Å². The molecule has 0 spiro atoms. The molecule has 0 radical (unpaired) electrons. The molecule has 2 aromatic heterocycles. The van der Waals surface area contributed by atoms with Gasteiger partial charge in [0.25, 0.3) is 0 Å². The zero-order chi connectivity index (χ0) is 23.4. The molecule has 1 fully saturated rings. The average Bonchev–Trinajstić information content (AvgIpc) is 3.29. The molecule has 1 amide bonds. The average molecular weight is 452 g/mol. The lowest BCUT2D eigenvalue weighted by Crippen LogP contribution is -2.48. The van der Waals surface area contributed by atoms with Crippen LogP contribution in [0.1, 0.15) is 19.0 Å². The van der Waals surface area contributed by atoms with E-state index < -0.39 is 11.7 Å². The molecule has 4 rings (SSSR count). The van der Waals surface area contributed by atoms with E-state index in [9.17, 15) is 9.18 Å². The van der Waals surface area contributed by atoms with Gasteiger partial charge in [0, 0.05) is 11.8 Å². The van der Waals surface area contributed by atoms with E-state index in [1.807, 2.05) is 6.07 Å². The molecule has 33 heavy (non-hydrogen) atoms. The minimum atomic E-state index is -0.942. The smallest absolute Gasteiger partial charge is 0.316 e. The van der Waals surface area contributed by atoms with Gasteiger partial charge < -0.3 is 24.5 Å². The number of carbonyl (C=O) groups is 1. The molecule has 2 N–H and O–H groups in total. The molecule has 0 unspecified atom stereocenters. The maximum absolute atomic E-state index is 13.5. The molecular weight excluding hydrogens is 431 g/mol. The van der Waals surface area contributed by atoms with Crippen molar-refractivity contribution in [2.75, 3.05) is 26.9 Å². The van der Waals surface area contributed by atoms with Gasteiger partial charge in [-0.25, -0.2) is 14.4 Å². The van der Waals surface area contributed by atoms with E-state index >= 15 is 0 Å². The number of imidazole rings is 1. The third kappa shape index (κ3) is 4.67. The lowest BCUT2D eigenvalue weighted by molar-refractivity contribution is -0.230. The van der Waals surface area contributed by atoms with Gasteiger partial charge in [0.05, 0.1) is 48.9 Å². The molecule has 0 aliphatic carbocycles. The topological polar surface area (TPSA) is 135 Å². The van der Waals surface area contributed by atoms with E-state index in [2.05, 4.69) is 25.3 Å². The monoisotopic (exact) mass is 452 g/mol. The van der Waals surface area contributed by atoms with Crippen molar-refractivity contribution < 1.29 is 23.4 Å². The predicted octanol–water partition coefficient (Wildman–Crippen LogP) is 2.37. The normalized spacial score (nSPS) is 20.1. The van der Waals surface area contributed by atoms with Crippen LogP contribution >= 0.6 is 0 Å². The Morgan fingerprint density at radius 2 is 2.03 bits per heavy atom. The summed E-state index contributed by atoms with van der Waals surface area (Å²) >= 11 is 0. The van der Waals surface area contributed by atoms with Crippen molar-refractivity contribution in [3.05, 3.63) is 48.2 Å². The van der Waals surface area contributed by atoms with Crippen LogP contribution in [0.2, 0.25) is 0 Å². The molecule has 170 valence electrons. The molecule has 1 aromatic carbocycles. The number of methoxy groups -OCH3 is 1. The summed E-state index contributed by atoms with van der Waals surface area (Å²) in [5, 5.41) is 11.2. The van der Waals surface area contributed by atoms with Gasteiger partial charge >= 0.3 is 6.01 Å². The van der Waals surface area contributed by atoms with Crippen LogP contribution in [0.25, 0.3) is 22.6 Å². The largest absolute Gasteiger partial charge is 0.467 e. The Kier molecular flexibility index (Phi) is 6.30. The summed E-state index contributed by atoms with van der Waals surface area (Å²) in [4.78, 5) is 28.5. The number of nitrogens with zero attached hydrogens (tertiary/aromatic N) is 4. The van der Waals surface area contributed by atoms with Crippen LogP contribution in [-0.2, 0) is 14.3 Å². The third-order valence-electron chi connectivity index (χ3n) is 5.12. The molecule has 1 saturated heterocycles. The molecule has 0 bridgehead atoms. The summed E-state index contributed by atoms with van der Waals surface area (Å²) in [6, 6.07) is 9.63. The zero-order valence-corrected chi connectivity index (χ0v) is 18.0. The number of benzene rings is 1. The highest BCUT2D eigenvalue weighted by Gasteiger charge is 2.40. The van der Waals surface area contributed by atoms with Crippen LogP contribution in [0.15, 0.2) is 36.5 Å². The first-order valence-corrected chi connectivity index (χ1v) is 10.1. The van der Waals surface area contributed by atoms with Gasteiger partial charge in [0.2, 0.25) is 12.2 Å². The van der Waals surface area contributed by atoms with E-state index in [-0.39, 0.29) is 37.5 Å². The van der Waals surface area contributed by atoms with Gasteiger partial charge in [-0.05, 0) is 37.3 Å². The molecule has 3 heterocycles. The fourth-order valence-corrected chi connectivity index (χ4v) is 3.31. The number of nitrogens with one attached hydrogen (secondary N) is 2. The highest BCUT2D eigenvalue weighted by Crippen LogP contribution is 2.35. The Hall–Kier alpha value is -3.88. The van der Waals surface area contributed by atoms with Crippen molar-refractivity contribution in [1.82, 2.24) is 25.3 Å². The molecule has 10 nitrogen and oxygen atoms in total. The van der Waals surface area contributed by atoms with Crippen molar-refractivity contribution in [2.24, 2.45) is 5.41 Å². The third-order valence-corrected chi connectivity index (χ3v) is 5.12. The second-order valence-corrected chi connectivity index (χ2v) is 7.64. The summed E-state index contributed by atoms with van der Waals surface area (Å²) in [7, 11) is 1.46. The number of hydrogen-bond acceptors (Lipinski definition) is 8. The summed E-state index contributed by atoms with van der Waals surface area (Å²) in [5.74, 6) is -0.336. The van der Waals surface area contributed by atoms with Crippen LogP contribution in [-0.4, -0.2) is 52.7 Å². The van der Waals surface area contributed by atoms with E-state index in [1.54, 1.807) is 31.3 Å². The number of rotatable bonds is 6. The SMILES string of the molecule is COc1nccc(-c2[nH]c(C3OCC(C)(C(=O)NCC#N)CO3)nc2-c2ccc(F)cc2)n1. The summed E-state index contributed by atoms with van der Waals surface area (Å²) < 4.78 is 30.2. The minimum Gasteiger partial charge on any atom is -0.467 e. The van der Waals surface area contributed by atoms with E-state index in [1.165, 1.54) is 19.2 Å². The molecule has 1 aliphatic heterocycles. The number of H-pyrrole nitrogens is 1. The van der Waals surface area contributed by atoms with Gasteiger partial charge in [0.15, 0.2) is 5.82 Å². The first-order chi connectivity index (χ1) is 15.9. The number of aromatic nitrogens is 4. The fraction of sp³-hybridized carbons (Fsp3) is 0.318. The van der Waals surface area contributed by atoms with Gasteiger partial charge in [-0.1, -0.05) is 0 Å². The summed E-state index contributed by atoms with van der Waals surface area (Å²) in [5.41, 5.74) is 1.28. The number of carbonyl (C=O) groups excluding carboxylic acids is 1. The van der Waals surface area contributed by atoms with E-state index in [4.69, 9.17) is 19.5 Å². The predicted molar refractivity (Wildman–Crippen MR) is 113 cm³/mol. The number of amides is 1. The summed E-state index contributed by atoms with van der Waals surface area (Å²) in [6.07, 6.45) is 0.688. The van der Waals surface area contributed by atoms with Crippen molar-refractivity contribution in [1.29, 1.82) is 5.26 Å². The molecule has 3 aromatic rings. The number of halogens is 1. The molecule has 1 aliphatic rings. The quantitative estimate of drug-likeness (QED) is 0.544. The Bertz CT molecular complexity index is 1180. The van der Waals surface area contributed by atoms with E-state index in [0.29, 0.717) is 28.5 Å². The number of ether oxygens (including phenoxy) is 3. The lowest BCUT2D eigenvalue weighted by Gasteiger charge is -2.35.